The Morgan fingerprint density at radius 2 is 1.67 bits per heavy atom. The molecular formula is C16H12BrF2NO2S2. The molecule has 0 saturated heterocycles. The van der Waals surface area contributed by atoms with E-state index in [0.717, 1.165) is 25.7 Å². The van der Waals surface area contributed by atoms with E-state index in [1.165, 1.54) is 12.1 Å². The van der Waals surface area contributed by atoms with Crippen LogP contribution >= 0.6 is 27.3 Å². The van der Waals surface area contributed by atoms with E-state index in [9.17, 15) is 17.2 Å². The summed E-state index contributed by atoms with van der Waals surface area (Å²) in [5.41, 5.74) is 0. The minimum Gasteiger partial charge on any atom is -0.250 e. The molecule has 0 spiro atoms. The summed E-state index contributed by atoms with van der Waals surface area (Å²) in [4.78, 5) is -0.0185. The lowest BCUT2D eigenvalue weighted by Gasteiger charge is -2.23. The van der Waals surface area contributed by atoms with Crippen molar-refractivity contribution < 1.29 is 17.2 Å². The van der Waals surface area contributed by atoms with E-state index >= 15 is 0 Å². The molecule has 2 aromatic carbocycles. The van der Waals surface area contributed by atoms with E-state index in [1.807, 2.05) is 24.3 Å². The van der Waals surface area contributed by atoms with Crippen molar-refractivity contribution in [2.24, 2.45) is 0 Å². The van der Waals surface area contributed by atoms with Gasteiger partial charge in [0.15, 0.2) is 0 Å². The first kappa shape index (κ1) is 17.3. The van der Waals surface area contributed by atoms with Crippen molar-refractivity contribution in [3.05, 3.63) is 59.1 Å². The van der Waals surface area contributed by atoms with Gasteiger partial charge in [0.1, 0.15) is 5.00 Å². The highest BCUT2D eigenvalue weighted by atomic mass is 79.9. The number of fused-ring (bicyclic) bond motifs is 1. The maximum Gasteiger partial charge on any atom is 0.265 e. The average molecular weight is 432 g/mol. The maximum atomic E-state index is 13.1. The second-order valence-electron chi connectivity index (χ2n) is 4.96. The molecular weight excluding hydrogens is 420 g/mol. The molecule has 126 valence electrons. The van der Waals surface area contributed by atoms with Crippen LogP contribution in [0.4, 0.5) is 13.8 Å². The van der Waals surface area contributed by atoms with Crippen molar-refractivity contribution in [1.29, 1.82) is 0 Å². The van der Waals surface area contributed by atoms with Crippen molar-refractivity contribution in [3.63, 3.8) is 0 Å². The van der Waals surface area contributed by atoms with Crippen LogP contribution in [0.2, 0.25) is 0 Å². The number of halogens is 3. The average Bonchev–Trinajstić information content (AvgIpc) is 2.90. The predicted octanol–water partition coefficient (Wildman–Crippen LogP) is 5.12. The van der Waals surface area contributed by atoms with Gasteiger partial charge in [0.25, 0.3) is 16.4 Å². The molecule has 0 atom stereocenters. The van der Waals surface area contributed by atoms with Crippen LogP contribution in [-0.2, 0) is 10.0 Å². The van der Waals surface area contributed by atoms with E-state index in [2.05, 4.69) is 15.9 Å². The highest BCUT2D eigenvalue weighted by Crippen LogP contribution is 2.43. The Hall–Kier alpha value is -1.51. The second kappa shape index (κ2) is 6.78. The maximum absolute atomic E-state index is 13.1. The molecule has 0 saturated carbocycles. The zero-order valence-corrected chi connectivity index (χ0v) is 15.4. The Kier molecular flexibility index (Phi) is 4.89. The zero-order valence-electron chi connectivity index (χ0n) is 12.2. The third-order valence-corrected chi connectivity index (χ3v) is 7.53. The number of alkyl halides is 2. The molecule has 1 aromatic heterocycles. The largest absolute Gasteiger partial charge is 0.265 e. The van der Waals surface area contributed by atoms with Crippen LogP contribution in [0.3, 0.4) is 0 Å². The van der Waals surface area contributed by atoms with Crippen LogP contribution in [0, 0.1) is 0 Å². The minimum atomic E-state index is -4.09. The highest BCUT2D eigenvalue weighted by molar-refractivity contribution is 9.10. The lowest BCUT2D eigenvalue weighted by Crippen LogP contribution is -2.34. The summed E-state index contributed by atoms with van der Waals surface area (Å²) in [6.45, 7) is -0.900. The highest BCUT2D eigenvalue weighted by Gasteiger charge is 2.31. The number of anilines is 1. The molecule has 3 aromatic rings. The van der Waals surface area contributed by atoms with Gasteiger partial charge in [0.2, 0.25) is 0 Å². The van der Waals surface area contributed by atoms with Crippen LogP contribution in [0.5, 0.6) is 0 Å². The molecule has 3 rings (SSSR count). The van der Waals surface area contributed by atoms with E-state index in [0.29, 0.717) is 4.47 Å². The van der Waals surface area contributed by atoms with Gasteiger partial charge in [-0.3, -0.25) is 4.31 Å². The zero-order chi connectivity index (χ0) is 17.3. The molecule has 0 N–H and O–H groups in total. The van der Waals surface area contributed by atoms with Gasteiger partial charge in [-0.15, -0.1) is 11.3 Å². The Labute approximate surface area is 150 Å². The fraction of sp³-hybridized carbons (Fsp3) is 0.125. The van der Waals surface area contributed by atoms with E-state index in [1.54, 1.807) is 18.2 Å². The van der Waals surface area contributed by atoms with Crippen LogP contribution in [0.25, 0.3) is 10.1 Å². The number of hydrogen-bond donors (Lipinski definition) is 0. The number of thiophene rings is 1. The van der Waals surface area contributed by atoms with Gasteiger partial charge >= 0.3 is 0 Å². The normalized spacial score (nSPS) is 12.0. The van der Waals surface area contributed by atoms with E-state index in [4.69, 9.17) is 0 Å². The number of nitrogens with zero attached hydrogens (tertiary/aromatic N) is 1. The third kappa shape index (κ3) is 3.18. The molecule has 0 unspecified atom stereocenters. The Morgan fingerprint density at radius 3 is 2.29 bits per heavy atom. The molecule has 0 bridgehead atoms. The van der Waals surface area contributed by atoms with E-state index in [-0.39, 0.29) is 9.90 Å². The molecule has 0 aliphatic heterocycles. The molecule has 0 amide bonds. The third-order valence-electron chi connectivity index (χ3n) is 3.38. The fourth-order valence-corrected chi connectivity index (χ4v) is 6.14. The predicted molar refractivity (Wildman–Crippen MR) is 96.5 cm³/mol. The summed E-state index contributed by atoms with van der Waals surface area (Å²) >= 11 is 4.53. The summed E-state index contributed by atoms with van der Waals surface area (Å²) in [5.74, 6) is 0. The van der Waals surface area contributed by atoms with E-state index < -0.39 is 23.0 Å². The summed E-state index contributed by atoms with van der Waals surface area (Å²) in [6, 6.07) is 14.9. The van der Waals surface area contributed by atoms with Crippen molar-refractivity contribution in [3.8, 4) is 0 Å². The summed E-state index contributed by atoms with van der Waals surface area (Å²) in [7, 11) is -4.09. The number of hydrogen-bond acceptors (Lipinski definition) is 3. The van der Waals surface area contributed by atoms with Gasteiger partial charge in [-0.25, -0.2) is 17.2 Å². The van der Waals surface area contributed by atoms with Crippen molar-refractivity contribution in [1.82, 2.24) is 0 Å². The van der Waals surface area contributed by atoms with Crippen molar-refractivity contribution >= 4 is 52.4 Å². The summed E-state index contributed by atoms with van der Waals surface area (Å²) in [5, 5.41) is 1.04. The first-order valence-electron chi connectivity index (χ1n) is 6.94. The lowest BCUT2D eigenvalue weighted by molar-refractivity contribution is 0.159. The molecule has 8 heteroatoms. The topological polar surface area (TPSA) is 37.4 Å². The smallest absolute Gasteiger partial charge is 0.250 e. The molecule has 0 radical (unpaired) electrons. The fourth-order valence-electron chi connectivity index (χ4n) is 2.30. The van der Waals surface area contributed by atoms with Crippen LogP contribution < -0.4 is 4.31 Å². The van der Waals surface area contributed by atoms with Gasteiger partial charge in [-0.05, 0) is 34.1 Å². The number of sulfonamides is 1. The van der Waals surface area contributed by atoms with Crippen LogP contribution in [0.1, 0.15) is 0 Å². The monoisotopic (exact) mass is 431 g/mol. The molecule has 0 aliphatic rings. The van der Waals surface area contributed by atoms with Crippen LogP contribution in [0.15, 0.2) is 64.0 Å². The lowest BCUT2D eigenvalue weighted by atomic mass is 10.3. The molecule has 3 nitrogen and oxygen atoms in total. The summed E-state index contributed by atoms with van der Waals surface area (Å²) in [6.07, 6.45) is -2.79. The quantitative estimate of drug-likeness (QED) is 0.561. The van der Waals surface area contributed by atoms with Gasteiger partial charge in [0.05, 0.1) is 15.9 Å². The number of rotatable bonds is 5. The second-order valence-corrected chi connectivity index (χ2v) is 8.64. The van der Waals surface area contributed by atoms with Gasteiger partial charge in [-0.1, -0.05) is 36.4 Å². The Morgan fingerprint density at radius 1 is 1.04 bits per heavy atom. The van der Waals surface area contributed by atoms with Crippen molar-refractivity contribution in [2.75, 3.05) is 10.8 Å². The van der Waals surface area contributed by atoms with Crippen LogP contribution in [-0.4, -0.2) is 21.4 Å². The minimum absolute atomic E-state index is 0.0185. The molecule has 24 heavy (non-hydrogen) atoms. The molecule has 0 fully saturated rings. The standard InChI is InChI=1S/C16H12BrF2NO2S2/c17-15-12-8-4-5-9-13(12)23-16(15)20(10-14(18)19)24(21,22)11-6-2-1-3-7-11/h1-9,14H,10H2. The van der Waals surface area contributed by atoms with Gasteiger partial charge in [-0.2, -0.15) is 0 Å². The SMILES string of the molecule is O=S(=O)(c1ccccc1)N(CC(F)F)c1sc2ccccc2c1Br. The van der Waals surface area contributed by atoms with Crippen molar-refractivity contribution in [2.45, 2.75) is 11.3 Å². The summed E-state index contributed by atoms with van der Waals surface area (Å²) < 4.78 is 54.0. The number of benzene rings is 2. The Balaban J connectivity index is 2.18. The molecule has 1 heterocycles. The Bertz CT molecular complexity index is 959. The molecule has 0 aliphatic carbocycles. The first-order chi connectivity index (χ1) is 11.4. The van der Waals surface area contributed by atoms with Gasteiger partial charge < -0.3 is 0 Å². The first-order valence-corrected chi connectivity index (χ1v) is 9.99. The van der Waals surface area contributed by atoms with Gasteiger partial charge in [0, 0.05) is 10.1 Å².